The molecule has 0 spiro atoms. The van der Waals surface area contributed by atoms with E-state index >= 15 is 0 Å². The molecule has 0 aliphatic heterocycles. The minimum absolute atomic E-state index is 0.00273. The number of hydrogen-bond acceptors (Lipinski definition) is 10. The van der Waals surface area contributed by atoms with Crippen molar-refractivity contribution in [3.8, 4) is 5.75 Å². The zero-order valence-electron chi connectivity index (χ0n) is 18.9. The van der Waals surface area contributed by atoms with Crippen LogP contribution in [0.2, 0.25) is 0 Å². The van der Waals surface area contributed by atoms with Crippen LogP contribution in [0, 0.1) is 11.8 Å². The largest absolute Gasteiger partial charge is 0.508 e. The number of Topliss-reactive ketones (excluding diaryl/α,β-unsaturated/α-hetero) is 3. The fourth-order valence-corrected chi connectivity index (χ4v) is 5.66. The summed E-state index contributed by atoms with van der Waals surface area (Å²) in [4.78, 5) is 50.1. The van der Waals surface area contributed by atoms with Crippen LogP contribution in [0.4, 0.5) is 0 Å². The maximum absolute atomic E-state index is 13.5. The Morgan fingerprint density at radius 2 is 1.92 bits per heavy atom. The molecule has 1 aromatic carbocycles. The van der Waals surface area contributed by atoms with Gasteiger partial charge in [-0.05, 0) is 42.4 Å². The highest BCUT2D eigenvalue weighted by Crippen LogP contribution is 2.52. The lowest BCUT2D eigenvalue weighted by Gasteiger charge is -2.46. The van der Waals surface area contributed by atoms with Gasteiger partial charge in [0.15, 0.2) is 17.2 Å². The van der Waals surface area contributed by atoms with Crippen molar-refractivity contribution in [3.63, 3.8) is 0 Å². The van der Waals surface area contributed by atoms with Crippen molar-refractivity contribution in [2.24, 2.45) is 17.6 Å². The third-order valence-electron chi connectivity index (χ3n) is 7.42. The Morgan fingerprint density at radius 3 is 2.58 bits per heavy atom. The first-order chi connectivity index (χ1) is 17.1. The predicted molar refractivity (Wildman–Crippen MR) is 121 cm³/mol. The topological polar surface area (TPSA) is 201 Å². The van der Waals surface area contributed by atoms with Crippen LogP contribution in [-0.2, 0) is 27.2 Å². The van der Waals surface area contributed by atoms with Gasteiger partial charge >= 0.3 is 0 Å². The monoisotopic (exact) mass is 494 g/mol. The van der Waals surface area contributed by atoms with E-state index in [2.05, 4.69) is 5.16 Å². The number of aromatic nitrogens is 1. The van der Waals surface area contributed by atoms with E-state index in [0.29, 0.717) is 16.7 Å². The summed E-state index contributed by atoms with van der Waals surface area (Å²) in [6.07, 6.45) is 2.75. The molecule has 1 saturated carbocycles. The van der Waals surface area contributed by atoms with Crippen molar-refractivity contribution in [3.05, 3.63) is 63.8 Å². The van der Waals surface area contributed by atoms with Crippen molar-refractivity contribution < 1.29 is 44.1 Å². The molecule has 1 heterocycles. The summed E-state index contributed by atoms with van der Waals surface area (Å²) in [5.41, 5.74) is 3.06. The van der Waals surface area contributed by atoms with E-state index in [0.717, 1.165) is 0 Å². The zero-order chi connectivity index (χ0) is 25.9. The molecule has 11 nitrogen and oxygen atoms in total. The molecule has 0 bridgehead atoms. The summed E-state index contributed by atoms with van der Waals surface area (Å²) in [7, 11) is 0. The van der Waals surface area contributed by atoms with Crippen LogP contribution in [0.15, 0.2) is 46.0 Å². The van der Waals surface area contributed by atoms with Crippen LogP contribution >= 0.6 is 0 Å². The summed E-state index contributed by atoms with van der Waals surface area (Å²) >= 11 is 0. The van der Waals surface area contributed by atoms with Crippen molar-refractivity contribution >= 4 is 29.0 Å². The number of carbonyl (C=O) groups excluding carboxylic acids is 4. The van der Waals surface area contributed by atoms with E-state index in [1.807, 2.05) is 0 Å². The number of phenolic OH excluding ortho intramolecular Hbond substituents is 1. The van der Waals surface area contributed by atoms with Crippen LogP contribution in [0.3, 0.4) is 0 Å². The smallest absolute Gasteiger partial charge is 0.255 e. The zero-order valence-corrected chi connectivity index (χ0v) is 18.9. The summed E-state index contributed by atoms with van der Waals surface area (Å²) in [5, 5.41) is 47.0. The number of primary amides is 1. The van der Waals surface area contributed by atoms with E-state index in [-0.39, 0.29) is 54.8 Å². The van der Waals surface area contributed by atoms with E-state index in [1.165, 1.54) is 18.5 Å². The highest BCUT2D eigenvalue weighted by atomic mass is 16.5. The third-order valence-corrected chi connectivity index (χ3v) is 7.42. The maximum atomic E-state index is 13.5. The highest BCUT2D eigenvalue weighted by Gasteiger charge is 2.60. The van der Waals surface area contributed by atoms with Gasteiger partial charge in [0.05, 0.1) is 17.3 Å². The fraction of sp³-hybridized carbons (Fsp3) is 0.320. The van der Waals surface area contributed by atoms with Crippen LogP contribution < -0.4 is 5.73 Å². The number of aliphatic hydroxyl groups excluding tert-OH is 2. The average Bonchev–Trinajstić information content (AvgIpc) is 3.35. The van der Waals surface area contributed by atoms with Gasteiger partial charge in [-0.15, -0.1) is 0 Å². The Balaban J connectivity index is 1.56. The summed E-state index contributed by atoms with van der Waals surface area (Å²) in [6.45, 7) is 0. The van der Waals surface area contributed by atoms with Crippen LogP contribution in [0.1, 0.15) is 46.3 Å². The van der Waals surface area contributed by atoms with E-state index in [4.69, 9.17) is 10.3 Å². The van der Waals surface area contributed by atoms with Crippen LogP contribution in [-0.4, -0.2) is 54.4 Å². The van der Waals surface area contributed by atoms with Gasteiger partial charge in [-0.3, -0.25) is 19.2 Å². The van der Waals surface area contributed by atoms with Crippen molar-refractivity contribution in [1.82, 2.24) is 5.16 Å². The molecule has 36 heavy (non-hydrogen) atoms. The molecule has 11 heteroatoms. The number of phenols is 1. The standard InChI is InChI=1S/C25H22N2O9/c26-24(34)20-17(30)7-13-5-11-6-14-10(1-3-15(28)12-8-27-36-9-12)2-4-16(29)19(14)21(31)18(11)22(32)25(13,35)23(20)33/h2,4,8-9,11,13,29,31,33,35H,1,3,5-7H2,(H2,26,34)/t11-,13+,25+/m1/s1. The van der Waals surface area contributed by atoms with E-state index < -0.39 is 52.0 Å². The molecule has 1 aromatic heterocycles. The second-order valence-electron chi connectivity index (χ2n) is 9.34. The van der Waals surface area contributed by atoms with Gasteiger partial charge < -0.3 is 30.7 Å². The average molecular weight is 494 g/mol. The highest BCUT2D eigenvalue weighted by molar-refractivity contribution is 6.22. The summed E-state index contributed by atoms with van der Waals surface area (Å²) in [5.74, 6) is -6.97. The Hall–Kier alpha value is -4.25. The van der Waals surface area contributed by atoms with E-state index in [1.54, 1.807) is 6.07 Å². The molecule has 6 N–H and O–H groups in total. The first-order valence-corrected chi connectivity index (χ1v) is 11.3. The molecule has 0 unspecified atom stereocenters. The minimum atomic E-state index is -2.60. The first kappa shape index (κ1) is 23.5. The quantitative estimate of drug-likeness (QED) is 0.297. The number of nitrogens with two attached hydrogens (primary N) is 1. The normalized spacial score (nSPS) is 25.4. The number of aliphatic hydroxyl groups is 3. The molecule has 1 amide bonds. The molecule has 3 aliphatic carbocycles. The Labute approximate surface area is 203 Å². The van der Waals surface area contributed by atoms with Crippen molar-refractivity contribution in [2.75, 3.05) is 0 Å². The Kier molecular flexibility index (Phi) is 5.32. The number of aromatic hydroxyl groups is 1. The fourth-order valence-electron chi connectivity index (χ4n) is 5.66. The molecule has 3 atom stereocenters. The predicted octanol–water partition coefficient (Wildman–Crippen LogP) is 1.23. The number of benzene rings is 1. The summed E-state index contributed by atoms with van der Waals surface area (Å²) in [6, 6.07) is 2.97. The number of fused-ring (bicyclic) bond motifs is 3. The lowest BCUT2D eigenvalue weighted by Crippen LogP contribution is -2.58. The van der Waals surface area contributed by atoms with Crippen molar-refractivity contribution in [1.29, 1.82) is 0 Å². The number of aryl methyl sites for hydroxylation is 1. The van der Waals surface area contributed by atoms with Gasteiger partial charge in [0.25, 0.3) is 5.91 Å². The van der Waals surface area contributed by atoms with Gasteiger partial charge in [0, 0.05) is 24.3 Å². The number of carbonyl (C=O) groups is 4. The first-order valence-electron chi connectivity index (χ1n) is 11.3. The number of rotatable bonds is 5. The molecular weight excluding hydrogens is 472 g/mol. The molecule has 0 saturated heterocycles. The van der Waals surface area contributed by atoms with Gasteiger partial charge in [-0.25, -0.2) is 0 Å². The number of nitrogens with zero attached hydrogens (tertiary/aromatic N) is 1. The summed E-state index contributed by atoms with van der Waals surface area (Å²) < 4.78 is 4.70. The van der Waals surface area contributed by atoms with Gasteiger partial charge in [-0.2, -0.15) is 0 Å². The van der Waals surface area contributed by atoms with Gasteiger partial charge in [0.2, 0.25) is 5.78 Å². The Morgan fingerprint density at radius 1 is 1.17 bits per heavy atom. The second-order valence-corrected chi connectivity index (χ2v) is 9.34. The van der Waals surface area contributed by atoms with E-state index in [9.17, 15) is 39.6 Å². The molecule has 3 aliphatic rings. The molecule has 1 fully saturated rings. The number of ketones is 3. The lowest BCUT2D eigenvalue weighted by atomic mass is 9.59. The maximum Gasteiger partial charge on any atom is 0.255 e. The lowest BCUT2D eigenvalue weighted by molar-refractivity contribution is -0.147. The third kappa shape index (κ3) is 3.27. The molecular formula is C25H22N2O9. The number of hydrogen-bond donors (Lipinski definition) is 5. The molecule has 0 radical (unpaired) electrons. The van der Waals surface area contributed by atoms with Crippen LogP contribution in [0.5, 0.6) is 5.75 Å². The second kappa shape index (κ2) is 8.16. The van der Waals surface area contributed by atoms with Crippen molar-refractivity contribution in [2.45, 2.75) is 37.7 Å². The SMILES string of the molecule is NC(=O)C1=C(O)[C@@]2(O)C(=O)C3=C(O)c4c(O)ccc(CCC(=O)c5cnoc5)c4C[C@H]3C[C@H]2CC1=O. The Bertz CT molecular complexity index is 1400. The van der Waals surface area contributed by atoms with Gasteiger partial charge in [0.1, 0.15) is 29.1 Å². The molecule has 186 valence electrons. The molecule has 2 aromatic rings. The molecule has 5 rings (SSSR count). The van der Waals surface area contributed by atoms with Gasteiger partial charge in [-0.1, -0.05) is 11.2 Å². The number of amides is 1. The van der Waals surface area contributed by atoms with Crippen LogP contribution in [0.25, 0.3) is 5.76 Å². The minimum Gasteiger partial charge on any atom is -0.508 e.